The molecule has 0 spiro atoms. The minimum absolute atomic E-state index is 0.286. The molecule has 0 bridgehead atoms. The van der Waals surface area contributed by atoms with Gasteiger partial charge in [-0.3, -0.25) is 16.0 Å². The van der Waals surface area contributed by atoms with E-state index in [0.29, 0.717) is 6.42 Å². The Morgan fingerprint density at radius 2 is 1.94 bits per heavy atom. The van der Waals surface area contributed by atoms with Crippen LogP contribution >= 0.6 is 0 Å². The Balaban J connectivity index is 2.03. The highest BCUT2D eigenvalue weighted by Gasteiger charge is 2.29. The molecule has 1 heterocycles. The molecule has 6 heteroatoms. The zero-order valence-corrected chi connectivity index (χ0v) is 8.49. The number of nitrogen functional groups attached to an aromatic ring is 1. The van der Waals surface area contributed by atoms with E-state index < -0.39 is 12.1 Å². The van der Waals surface area contributed by atoms with Gasteiger partial charge in [0, 0.05) is 12.1 Å². The first-order valence-electron chi connectivity index (χ1n) is 4.86. The number of carbonyl (C=O) groups excluding carboxylic acids is 2. The molecule has 16 heavy (non-hydrogen) atoms. The van der Waals surface area contributed by atoms with Gasteiger partial charge in [-0.25, -0.2) is 4.79 Å². The Kier molecular flexibility index (Phi) is 2.74. The third-order valence-corrected chi connectivity index (χ3v) is 2.42. The molecule has 1 aromatic rings. The van der Waals surface area contributed by atoms with Gasteiger partial charge in [0.1, 0.15) is 6.04 Å². The van der Waals surface area contributed by atoms with E-state index in [4.69, 9.17) is 5.84 Å². The Morgan fingerprint density at radius 3 is 2.44 bits per heavy atom. The van der Waals surface area contributed by atoms with Gasteiger partial charge in [-0.15, -0.1) is 0 Å². The standard InChI is InChI=1S/C10H12N4O2/c11-14-7-3-1-6(2-4-7)5-8-9(15)13-10(16)12-8/h1-4,8,14H,5,11H2,(H2,12,13,15,16)/t8-/m0/s1. The first-order chi connectivity index (χ1) is 7.69. The van der Waals surface area contributed by atoms with E-state index in [0.717, 1.165) is 11.3 Å². The molecule has 3 amide bonds. The number of urea groups is 1. The average molecular weight is 220 g/mol. The van der Waals surface area contributed by atoms with Crippen molar-refractivity contribution in [3.8, 4) is 0 Å². The second kappa shape index (κ2) is 4.19. The predicted octanol–water partition coefficient (Wildman–Crippen LogP) is -0.277. The maximum atomic E-state index is 11.3. The number of nitrogens with one attached hydrogen (secondary N) is 3. The van der Waals surface area contributed by atoms with E-state index in [9.17, 15) is 9.59 Å². The summed E-state index contributed by atoms with van der Waals surface area (Å²) in [6.45, 7) is 0. The fourth-order valence-corrected chi connectivity index (χ4v) is 1.58. The van der Waals surface area contributed by atoms with Gasteiger partial charge in [0.05, 0.1) is 0 Å². The highest BCUT2D eigenvalue weighted by Crippen LogP contribution is 2.11. The molecule has 0 aromatic heterocycles. The third-order valence-electron chi connectivity index (χ3n) is 2.42. The largest absolute Gasteiger partial charge is 0.326 e. The first kappa shape index (κ1) is 10.4. The first-order valence-corrected chi connectivity index (χ1v) is 4.86. The number of nitrogens with two attached hydrogens (primary N) is 1. The van der Waals surface area contributed by atoms with Crippen molar-refractivity contribution in [2.24, 2.45) is 5.84 Å². The SMILES string of the molecule is NNc1ccc(C[C@@H]2NC(=O)NC2=O)cc1. The van der Waals surface area contributed by atoms with E-state index in [1.807, 2.05) is 24.3 Å². The van der Waals surface area contributed by atoms with Crippen LogP contribution in [0.2, 0.25) is 0 Å². The monoisotopic (exact) mass is 220 g/mol. The van der Waals surface area contributed by atoms with Crippen LogP contribution in [0, 0.1) is 0 Å². The number of amides is 3. The van der Waals surface area contributed by atoms with Gasteiger partial charge in [-0.2, -0.15) is 0 Å². The molecule has 1 atom stereocenters. The lowest BCUT2D eigenvalue weighted by Gasteiger charge is -2.07. The van der Waals surface area contributed by atoms with Crippen molar-refractivity contribution >= 4 is 17.6 Å². The number of hydrogen-bond donors (Lipinski definition) is 4. The van der Waals surface area contributed by atoms with Crippen molar-refractivity contribution < 1.29 is 9.59 Å². The number of hydrogen-bond acceptors (Lipinski definition) is 4. The van der Waals surface area contributed by atoms with Crippen LogP contribution in [-0.2, 0) is 11.2 Å². The van der Waals surface area contributed by atoms with E-state index in [-0.39, 0.29) is 5.91 Å². The summed E-state index contributed by atoms with van der Waals surface area (Å²) in [4.78, 5) is 22.2. The molecule has 0 radical (unpaired) electrons. The Bertz CT molecular complexity index is 415. The van der Waals surface area contributed by atoms with Crippen molar-refractivity contribution in [2.75, 3.05) is 5.43 Å². The smallest absolute Gasteiger partial charge is 0.322 e. The van der Waals surface area contributed by atoms with E-state index >= 15 is 0 Å². The fraction of sp³-hybridized carbons (Fsp3) is 0.200. The van der Waals surface area contributed by atoms with Crippen LogP contribution in [0.5, 0.6) is 0 Å². The van der Waals surface area contributed by atoms with Crippen molar-refractivity contribution in [3.63, 3.8) is 0 Å². The molecule has 6 nitrogen and oxygen atoms in total. The zero-order valence-electron chi connectivity index (χ0n) is 8.49. The summed E-state index contributed by atoms with van der Waals surface area (Å²) in [5.74, 6) is 4.95. The van der Waals surface area contributed by atoms with Crippen LogP contribution in [0.4, 0.5) is 10.5 Å². The van der Waals surface area contributed by atoms with Gasteiger partial charge in [0.2, 0.25) is 0 Å². The number of rotatable bonds is 3. The maximum absolute atomic E-state index is 11.3. The number of anilines is 1. The maximum Gasteiger partial charge on any atom is 0.322 e. The molecule has 1 saturated heterocycles. The van der Waals surface area contributed by atoms with Gasteiger partial charge >= 0.3 is 6.03 Å². The second-order valence-electron chi connectivity index (χ2n) is 3.56. The lowest BCUT2D eigenvalue weighted by molar-refractivity contribution is -0.120. The van der Waals surface area contributed by atoms with Gasteiger partial charge in [-0.1, -0.05) is 12.1 Å². The van der Waals surface area contributed by atoms with Gasteiger partial charge in [0.25, 0.3) is 5.91 Å². The minimum Gasteiger partial charge on any atom is -0.326 e. The molecule has 1 aliphatic rings. The third kappa shape index (κ3) is 2.12. The van der Waals surface area contributed by atoms with Crippen molar-refractivity contribution in [3.05, 3.63) is 29.8 Å². The Labute approximate surface area is 92.2 Å². The summed E-state index contributed by atoms with van der Waals surface area (Å²) < 4.78 is 0. The molecule has 0 saturated carbocycles. The molecule has 1 aliphatic heterocycles. The molecule has 0 aliphatic carbocycles. The van der Waals surface area contributed by atoms with Gasteiger partial charge in [0.15, 0.2) is 0 Å². The van der Waals surface area contributed by atoms with E-state index in [1.165, 1.54) is 0 Å². The van der Waals surface area contributed by atoms with Crippen LogP contribution < -0.4 is 21.9 Å². The van der Waals surface area contributed by atoms with Crippen molar-refractivity contribution in [1.82, 2.24) is 10.6 Å². The normalized spacial score (nSPS) is 19.2. The number of benzene rings is 1. The Morgan fingerprint density at radius 1 is 1.25 bits per heavy atom. The summed E-state index contributed by atoms with van der Waals surface area (Å²) in [6, 6.07) is 6.41. The fourth-order valence-electron chi connectivity index (χ4n) is 1.58. The summed E-state index contributed by atoms with van der Waals surface area (Å²) in [5.41, 5.74) is 4.27. The van der Waals surface area contributed by atoms with Crippen LogP contribution in [0.1, 0.15) is 5.56 Å². The quantitative estimate of drug-likeness (QED) is 0.320. The second-order valence-corrected chi connectivity index (χ2v) is 3.56. The lowest BCUT2D eigenvalue weighted by Crippen LogP contribution is -2.31. The molecule has 1 fully saturated rings. The number of imide groups is 1. The Hall–Kier alpha value is -2.08. The topological polar surface area (TPSA) is 96.2 Å². The number of carbonyl (C=O) groups is 2. The van der Waals surface area contributed by atoms with Crippen LogP contribution in [-0.4, -0.2) is 18.0 Å². The zero-order chi connectivity index (χ0) is 11.5. The van der Waals surface area contributed by atoms with Crippen LogP contribution in [0.25, 0.3) is 0 Å². The van der Waals surface area contributed by atoms with Gasteiger partial charge in [-0.05, 0) is 17.7 Å². The highest BCUT2D eigenvalue weighted by atomic mass is 16.2. The van der Waals surface area contributed by atoms with E-state index in [1.54, 1.807) is 0 Å². The predicted molar refractivity (Wildman–Crippen MR) is 58.4 cm³/mol. The van der Waals surface area contributed by atoms with Crippen molar-refractivity contribution in [1.29, 1.82) is 0 Å². The summed E-state index contributed by atoms with van der Waals surface area (Å²) >= 11 is 0. The molecular weight excluding hydrogens is 208 g/mol. The van der Waals surface area contributed by atoms with Crippen LogP contribution in [0.15, 0.2) is 24.3 Å². The number of hydrazine groups is 1. The molecule has 1 aromatic carbocycles. The van der Waals surface area contributed by atoms with E-state index in [2.05, 4.69) is 16.1 Å². The molecular formula is C10H12N4O2. The van der Waals surface area contributed by atoms with Crippen LogP contribution in [0.3, 0.4) is 0 Å². The molecule has 84 valence electrons. The summed E-state index contributed by atoms with van der Waals surface area (Å²) in [5, 5.41) is 4.73. The highest BCUT2D eigenvalue weighted by molar-refractivity contribution is 6.04. The molecule has 5 N–H and O–H groups in total. The summed E-state index contributed by atoms with van der Waals surface area (Å²) in [6.07, 6.45) is 0.475. The van der Waals surface area contributed by atoms with Gasteiger partial charge < -0.3 is 10.7 Å². The molecule has 2 rings (SSSR count). The minimum atomic E-state index is -0.482. The summed E-state index contributed by atoms with van der Waals surface area (Å²) in [7, 11) is 0. The lowest BCUT2D eigenvalue weighted by atomic mass is 10.1. The molecule has 0 unspecified atom stereocenters. The average Bonchev–Trinajstić information content (AvgIpc) is 2.59. The van der Waals surface area contributed by atoms with Crippen molar-refractivity contribution in [2.45, 2.75) is 12.5 Å².